The highest BCUT2D eigenvalue weighted by atomic mass is 19.1. The van der Waals surface area contributed by atoms with Gasteiger partial charge in [-0.3, -0.25) is 9.69 Å². The average Bonchev–Trinajstić information content (AvgIpc) is 3.40. The third-order valence-corrected chi connectivity index (χ3v) is 7.58. The molecule has 0 N–H and O–H groups in total. The zero-order chi connectivity index (χ0) is 26.5. The van der Waals surface area contributed by atoms with Gasteiger partial charge in [-0.25, -0.2) is 9.40 Å². The standard InChI is InChI=1S/C31H34FN3O3/c1-37-26-12-13-27(30(19-26)38-2)29-20-28(24-8-10-25(32)11-9-24)33-35(29)31(36)21-34-16-14-23(15-17-34)18-22-6-4-3-5-7-22/h3-13,19,23,29H,14-18,20-21H2,1-2H3. The van der Waals surface area contributed by atoms with Crippen LogP contribution in [0.15, 0.2) is 77.9 Å². The van der Waals surface area contributed by atoms with Gasteiger partial charge in [0, 0.05) is 18.1 Å². The van der Waals surface area contributed by atoms with E-state index in [0.29, 0.717) is 30.4 Å². The zero-order valence-electron chi connectivity index (χ0n) is 22.0. The van der Waals surface area contributed by atoms with Crippen LogP contribution in [0.5, 0.6) is 11.5 Å². The summed E-state index contributed by atoms with van der Waals surface area (Å²) < 4.78 is 24.6. The van der Waals surface area contributed by atoms with Gasteiger partial charge in [-0.2, -0.15) is 5.10 Å². The van der Waals surface area contributed by atoms with Crippen molar-refractivity contribution in [3.63, 3.8) is 0 Å². The maximum Gasteiger partial charge on any atom is 0.257 e. The first-order chi connectivity index (χ1) is 18.5. The van der Waals surface area contributed by atoms with E-state index in [9.17, 15) is 9.18 Å². The number of amides is 1. The monoisotopic (exact) mass is 515 g/mol. The number of piperidine rings is 1. The Labute approximate surface area is 223 Å². The molecule has 0 saturated carbocycles. The first-order valence-electron chi connectivity index (χ1n) is 13.2. The number of carbonyl (C=O) groups is 1. The SMILES string of the molecule is COc1ccc(C2CC(c3ccc(F)cc3)=NN2C(=O)CN2CCC(Cc3ccccc3)CC2)c(OC)c1. The van der Waals surface area contributed by atoms with Gasteiger partial charge in [0.05, 0.1) is 32.5 Å². The average molecular weight is 516 g/mol. The summed E-state index contributed by atoms with van der Waals surface area (Å²) in [6, 6.07) is 22.2. The number of benzene rings is 3. The van der Waals surface area contributed by atoms with Crippen molar-refractivity contribution >= 4 is 11.6 Å². The minimum atomic E-state index is -0.320. The van der Waals surface area contributed by atoms with Crippen LogP contribution in [0.2, 0.25) is 0 Å². The minimum absolute atomic E-state index is 0.0495. The quantitative estimate of drug-likeness (QED) is 0.399. The topological polar surface area (TPSA) is 54.4 Å². The molecule has 0 spiro atoms. The molecule has 1 saturated heterocycles. The first-order valence-corrected chi connectivity index (χ1v) is 13.2. The van der Waals surface area contributed by atoms with Gasteiger partial charge in [0.2, 0.25) is 0 Å². The van der Waals surface area contributed by atoms with Gasteiger partial charge in [-0.15, -0.1) is 0 Å². The summed E-state index contributed by atoms with van der Waals surface area (Å²) in [5.41, 5.74) is 3.80. The fraction of sp³-hybridized carbons (Fsp3) is 0.355. The van der Waals surface area contributed by atoms with Crippen molar-refractivity contribution in [1.82, 2.24) is 9.91 Å². The molecular formula is C31H34FN3O3. The summed E-state index contributed by atoms with van der Waals surface area (Å²) >= 11 is 0. The molecule has 5 rings (SSSR count). The number of hydrazone groups is 1. The van der Waals surface area contributed by atoms with E-state index in [1.54, 1.807) is 31.4 Å². The van der Waals surface area contributed by atoms with Crippen molar-refractivity contribution in [2.45, 2.75) is 31.7 Å². The molecule has 0 aliphatic carbocycles. The number of rotatable bonds is 8. The first kappa shape index (κ1) is 25.9. The summed E-state index contributed by atoms with van der Waals surface area (Å²) in [5.74, 6) is 1.61. The predicted octanol–water partition coefficient (Wildman–Crippen LogP) is 5.48. The molecule has 3 aromatic rings. The van der Waals surface area contributed by atoms with Crippen molar-refractivity contribution in [2.75, 3.05) is 33.9 Å². The summed E-state index contributed by atoms with van der Waals surface area (Å²) in [4.78, 5) is 15.9. The molecule has 1 fully saturated rings. The maximum atomic E-state index is 13.7. The van der Waals surface area contributed by atoms with E-state index in [1.165, 1.54) is 17.7 Å². The van der Waals surface area contributed by atoms with E-state index < -0.39 is 0 Å². The van der Waals surface area contributed by atoms with Crippen molar-refractivity contribution in [3.05, 3.63) is 95.3 Å². The van der Waals surface area contributed by atoms with Crippen LogP contribution < -0.4 is 9.47 Å². The Hall–Kier alpha value is -3.71. The summed E-state index contributed by atoms with van der Waals surface area (Å²) in [7, 11) is 3.22. The van der Waals surface area contributed by atoms with Crippen LogP contribution in [-0.4, -0.2) is 55.4 Å². The Morgan fingerprint density at radius 2 is 1.71 bits per heavy atom. The third kappa shape index (κ3) is 5.89. The Morgan fingerprint density at radius 3 is 2.39 bits per heavy atom. The number of hydrogen-bond donors (Lipinski definition) is 0. The van der Waals surface area contributed by atoms with E-state index in [0.717, 1.165) is 49.2 Å². The van der Waals surface area contributed by atoms with Crippen molar-refractivity contribution in [2.24, 2.45) is 11.0 Å². The van der Waals surface area contributed by atoms with E-state index in [-0.39, 0.29) is 17.8 Å². The Kier molecular flexibility index (Phi) is 8.03. The predicted molar refractivity (Wildman–Crippen MR) is 146 cm³/mol. The Balaban J connectivity index is 1.31. The van der Waals surface area contributed by atoms with Crippen molar-refractivity contribution in [1.29, 1.82) is 0 Å². The zero-order valence-corrected chi connectivity index (χ0v) is 22.0. The molecule has 2 aliphatic heterocycles. The van der Waals surface area contributed by atoms with E-state index in [4.69, 9.17) is 14.6 Å². The van der Waals surface area contributed by atoms with Crippen LogP contribution in [0.3, 0.4) is 0 Å². The highest BCUT2D eigenvalue weighted by Crippen LogP contribution is 2.39. The summed E-state index contributed by atoms with van der Waals surface area (Å²) in [5, 5.41) is 6.36. The number of nitrogens with zero attached hydrogens (tertiary/aromatic N) is 3. The number of hydrogen-bond acceptors (Lipinski definition) is 5. The maximum absolute atomic E-state index is 13.7. The molecular weight excluding hydrogens is 481 g/mol. The fourth-order valence-corrected chi connectivity index (χ4v) is 5.45. The van der Waals surface area contributed by atoms with Gasteiger partial charge in [-0.05, 0) is 73.7 Å². The molecule has 7 heteroatoms. The molecule has 6 nitrogen and oxygen atoms in total. The van der Waals surface area contributed by atoms with Gasteiger partial charge < -0.3 is 9.47 Å². The van der Waals surface area contributed by atoms with Gasteiger partial charge in [0.25, 0.3) is 5.91 Å². The van der Waals surface area contributed by atoms with Crippen LogP contribution in [0.25, 0.3) is 0 Å². The lowest BCUT2D eigenvalue weighted by atomic mass is 9.90. The van der Waals surface area contributed by atoms with Crippen LogP contribution in [0.1, 0.15) is 42.0 Å². The number of methoxy groups -OCH3 is 2. The largest absolute Gasteiger partial charge is 0.497 e. The normalized spacial score (nSPS) is 18.3. The second-order valence-corrected chi connectivity index (χ2v) is 10.0. The van der Waals surface area contributed by atoms with Crippen molar-refractivity contribution in [3.8, 4) is 11.5 Å². The van der Waals surface area contributed by atoms with E-state index >= 15 is 0 Å². The molecule has 2 heterocycles. The summed E-state index contributed by atoms with van der Waals surface area (Å²) in [6.45, 7) is 2.09. The van der Waals surface area contributed by atoms with Crippen LogP contribution >= 0.6 is 0 Å². The van der Waals surface area contributed by atoms with Gasteiger partial charge in [-0.1, -0.05) is 42.5 Å². The minimum Gasteiger partial charge on any atom is -0.497 e. The fourth-order valence-electron chi connectivity index (χ4n) is 5.45. The molecule has 38 heavy (non-hydrogen) atoms. The second kappa shape index (κ2) is 11.8. The lowest BCUT2D eigenvalue weighted by Crippen LogP contribution is -2.42. The Morgan fingerprint density at radius 1 is 0.974 bits per heavy atom. The molecule has 0 radical (unpaired) electrons. The molecule has 198 valence electrons. The molecule has 0 bridgehead atoms. The van der Waals surface area contributed by atoms with Crippen LogP contribution in [-0.2, 0) is 11.2 Å². The highest BCUT2D eigenvalue weighted by Gasteiger charge is 2.36. The van der Waals surface area contributed by atoms with E-state index in [1.807, 2.05) is 18.2 Å². The number of halogens is 1. The van der Waals surface area contributed by atoms with E-state index in [2.05, 4.69) is 35.2 Å². The number of ether oxygens (including phenoxy) is 2. The van der Waals surface area contributed by atoms with Gasteiger partial charge in [0.15, 0.2) is 0 Å². The van der Waals surface area contributed by atoms with Crippen molar-refractivity contribution < 1.29 is 18.7 Å². The van der Waals surface area contributed by atoms with Gasteiger partial charge >= 0.3 is 0 Å². The van der Waals surface area contributed by atoms with Crippen LogP contribution in [0.4, 0.5) is 4.39 Å². The molecule has 1 amide bonds. The lowest BCUT2D eigenvalue weighted by Gasteiger charge is -2.33. The van der Waals surface area contributed by atoms with Crippen LogP contribution in [0, 0.1) is 11.7 Å². The third-order valence-electron chi connectivity index (χ3n) is 7.58. The molecule has 0 aromatic heterocycles. The molecule has 3 aromatic carbocycles. The number of likely N-dealkylation sites (tertiary alicyclic amines) is 1. The molecule has 1 atom stereocenters. The number of carbonyl (C=O) groups excluding carboxylic acids is 1. The van der Waals surface area contributed by atoms with Gasteiger partial charge in [0.1, 0.15) is 17.3 Å². The molecule has 2 aliphatic rings. The summed E-state index contributed by atoms with van der Waals surface area (Å²) in [6.07, 6.45) is 3.74. The second-order valence-electron chi connectivity index (χ2n) is 10.0. The Bertz CT molecular complexity index is 1270. The highest BCUT2D eigenvalue weighted by molar-refractivity contribution is 6.03. The lowest BCUT2D eigenvalue weighted by molar-refractivity contribution is -0.134. The smallest absolute Gasteiger partial charge is 0.257 e. The molecule has 1 unspecified atom stereocenters.